The van der Waals surface area contributed by atoms with Crippen molar-refractivity contribution in [1.29, 1.82) is 0 Å². The number of ether oxygens (including phenoxy) is 1. The van der Waals surface area contributed by atoms with Crippen molar-refractivity contribution in [3.63, 3.8) is 0 Å². The van der Waals surface area contributed by atoms with E-state index in [9.17, 15) is 9.59 Å². The van der Waals surface area contributed by atoms with Crippen LogP contribution in [-0.2, 0) is 11.8 Å². The number of aryl methyl sites for hydroxylation is 1. The third-order valence-corrected chi connectivity index (χ3v) is 4.45. The number of nitrogens with zero attached hydrogens (tertiary/aromatic N) is 4. The first kappa shape index (κ1) is 19.5. The quantitative estimate of drug-likeness (QED) is 0.513. The van der Waals surface area contributed by atoms with E-state index in [-0.39, 0.29) is 17.5 Å². The van der Waals surface area contributed by atoms with Crippen molar-refractivity contribution in [3.8, 4) is 11.3 Å². The minimum absolute atomic E-state index is 0.140. The fourth-order valence-corrected chi connectivity index (χ4v) is 3.03. The summed E-state index contributed by atoms with van der Waals surface area (Å²) >= 11 is 0. The van der Waals surface area contributed by atoms with Crippen LogP contribution in [0.3, 0.4) is 0 Å². The highest BCUT2D eigenvalue weighted by molar-refractivity contribution is 6.08. The molecule has 0 unspecified atom stereocenters. The minimum Gasteiger partial charge on any atom is -0.378 e. The molecular formula is C20H21N7O3. The maximum Gasteiger partial charge on any atom is 0.274 e. The molecule has 10 heteroatoms. The number of nitrogens with one attached hydrogen (secondary N) is 3. The highest BCUT2D eigenvalue weighted by atomic mass is 16.5. The molecule has 154 valence electrons. The van der Waals surface area contributed by atoms with Gasteiger partial charge in [0.1, 0.15) is 5.82 Å². The number of hydrogen-bond donors (Lipinski definition) is 3. The van der Waals surface area contributed by atoms with Crippen LogP contribution in [0, 0.1) is 0 Å². The summed E-state index contributed by atoms with van der Waals surface area (Å²) in [4.78, 5) is 34.0. The lowest BCUT2D eigenvalue weighted by atomic mass is 10.1. The molecule has 3 N–H and O–H groups in total. The highest BCUT2D eigenvalue weighted by Gasteiger charge is 2.19. The SMILES string of the molecule is Cn1cc2c(n1)C(=O)NCCOCCNc1cc(ccn1)-c1cc(ccn1)C(=O)N2. The van der Waals surface area contributed by atoms with Gasteiger partial charge >= 0.3 is 0 Å². The molecule has 0 saturated carbocycles. The van der Waals surface area contributed by atoms with E-state index in [1.807, 2.05) is 12.1 Å². The van der Waals surface area contributed by atoms with Gasteiger partial charge < -0.3 is 20.7 Å². The first-order valence-electron chi connectivity index (χ1n) is 9.47. The minimum atomic E-state index is -0.386. The van der Waals surface area contributed by atoms with Gasteiger partial charge in [0.2, 0.25) is 0 Å². The predicted molar refractivity (Wildman–Crippen MR) is 110 cm³/mol. The molecule has 1 aliphatic heterocycles. The van der Waals surface area contributed by atoms with Gasteiger partial charge in [-0.25, -0.2) is 4.98 Å². The molecule has 3 aromatic heterocycles. The van der Waals surface area contributed by atoms with Gasteiger partial charge in [-0.3, -0.25) is 19.3 Å². The smallest absolute Gasteiger partial charge is 0.274 e. The fourth-order valence-electron chi connectivity index (χ4n) is 3.03. The van der Waals surface area contributed by atoms with Crippen LogP contribution in [0.15, 0.2) is 42.9 Å². The lowest BCUT2D eigenvalue weighted by molar-refractivity contribution is 0.0916. The Balaban J connectivity index is 1.68. The number of carbonyl (C=O) groups excluding carboxylic acids is 2. The summed E-state index contributed by atoms with van der Waals surface area (Å²) in [6.07, 6.45) is 4.84. The van der Waals surface area contributed by atoms with Crippen LogP contribution in [0.4, 0.5) is 11.5 Å². The second-order valence-corrected chi connectivity index (χ2v) is 6.67. The summed E-state index contributed by atoms with van der Waals surface area (Å²) in [5, 5.41) is 12.9. The molecule has 10 nitrogen and oxygen atoms in total. The number of rotatable bonds is 0. The molecule has 0 radical (unpaired) electrons. The van der Waals surface area contributed by atoms with E-state index in [2.05, 4.69) is 31.0 Å². The Hall–Kier alpha value is -3.79. The monoisotopic (exact) mass is 407 g/mol. The van der Waals surface area contributed by atoms with E-state index in [1.165, 1.54) is 4.68 Å². The van der Waals surface area contributed by atoms with Crippen molar-refractivity contribution < 1.29 is 14.3 Å². The van der Waals surface area contributed by atoms with Gasteiger partial charge in [-0.2, -0.15) is 5.10 Å². The Labute approximate surface area is 172 Å². The number of aromatic nitrogens is 4. The lowest BCUT2D eigenvalue weighted by Gasteiger charge is -2.11. The van der Waals surface area contributed by atoms with Crippen molar-refractivity contribution in [2.45, 2.75) is 0 Å². The molecular weight excluding hydrogens is 386 g/mol. The lowest BCUT2D eigenvalue weighted by Crippen LogP contribution is -2.29. The first-order valence-corrected chi connectivity index (χ1v) is 9.47. The molecule has 0 atom stereocenters. The van der Waals surface area contributed by atoms with Crippen LogP contribution in [0.5, 0.6) is 0 Å². The Morgan fingerprint density at radius 3 is 2.60 bits per heavy atom. The second kappa shape index (κ2) is 8.70. The van der Waals surface area contributed by atoms with Crippen molar-refractivity contribution >= 4 is 23.3 Å². The molecule has 0 aromatic carbocycles. The maximum atomic E-state index is 12.8. The maximum absolute atomic E-state index is 12.8. The zero-order valence-electron chi connectivity index (χ0n) is 16.4. The van der Waals surface area contributed by atoms with Crippen molar-refractivity contribution in [1.82, 2.24) is 25.1 Å². The normalized spacial score (nSPS) is 15.1. The second-order valence-electron chi connectivity index (χ2n) is 6.67. The molecule has 4 rings (SSSR count). The number of hydrogen-bond acceptors (Lipinski definition) is 7. The molecule has 0 saturated heterocycles. The number of amides is 2. The zero-order valence-corrected chi connectivity index (χ0v) is 16.4. The number of pyridine rings is 2. The number of fused-ring (bicyclic) bond motifs is 6. The van der Waals surface area contributed by atoms with Gasteiger partial charge in [0.25, 0.3) is 11.8 Å². The molecule has 4 heterocycles. The molecule has 0 spiro atoms. The van der Waals surface area contributed by atoms with Gasteiger partial charge in [0.15, 0.2) is 5.69 Å². The summed E-state index contributed by atoms with van der Waals surface area (Å²) in [7, 11) is 1.68. The molecule has 30 heavy (non-hydrogen) atoms. The molecule has 3 aromatic rings. The highest BCUT2D eigenvalue weighted by Crippen LogP contribution is 2.21. The summed E-state index contributed by atoms with van der Waals surface area (Å²) in [6, 6.07) is 7.00. The van der Waals surface area contributed by atoms with E-state index in [0.29, 0.717) is 49.1 Å². The van der Waals surface area contributed by atoms with Gasteiger partial charge in [0.05, 0.1) is 24.6 Å². The standard InChI is InChI=1S/C20H21N7O3/c1-27-12-16-18(26-27)20(29)24-7-9-30-8-6-23-17-11-13(2-5-22-17)15-10-14(3-4-21-15)19(28)25-16/h2-5,10-12H,6-9H2,1H3,(H,22,23)(H,24,29)(H,25,28). The van der Waals surface area contributed by atoms with Crippen LogP contribution < -0.4 is 16.0 Å². The fraction of sp³-hybridized carbons (Fsp3) is 0.250. The first-order chi connectivity index (χ1) is 14.6. The van der Waals surface area contributed by atoms with E-state index in [1.54, 1.807) is 37.8 Å². The van der Waals surface area contributed by atoms with E-state index < -0.39 is 0 Å². The molecule has 2 amide bonds. The van der Waals surface area contributed by atoms with Crippen LogP contribution in [0.1, 0.15) is 20.8 Å². The molecule has 1 aliphatic rings. The van der Waals surface area contributed by atoms with Crippen LogP contribution in [0.25, 0.3) is 11.3 Å². The van der Waals surface area contributed by atoms with Crippen LogP contribution in [0.2, 0.25) is 0 Å². The Bertz CT molecular complexity index is 1080. The Morgan fingerprint density at radius 1 is 0.967 bits per heavy atom. The van der Waals surface area contributed by atoms with Gasteiger partial charge in [0, 0.05) is 49.9 Å². The summed E-state index contributed by atoms with van der Waals surface area (Å²) in [6.45, 7) is 1.69. The third-order valence-electron chi connectivity index (χ3n) is 4.45. The van der Waals surface area contributed by atoms with Gasteiger partial charge in [-0.05, 0) is 24.3 Å². The Kier molecular flexibility index (Phi) is 5.66. The summed E-state index contributed by atoms with van der Waals surface area (Å²) < 4.78 is 7.01. The summed E-state index contributed by atoms with van der Waals surface area (Å²) in [5.41, 5.74) is 2.34. The Morgan fingerprint density at radius 2 is 1.73 bits per heavy atom. The third kappa shape index (κ3) is 4.44. The molecule has 0 aliphatic carbocycles. The van der Waals surface area contributed by atoms with E-state index >= 15 is 0 Å². The topological polar surface area (TPSA) is 123 Å². The van der Waals surface area contributed by atoms with Gasteiger partial charge in [-0.1, -0.05) is 0 Å². The van der Waals surface area contributed by atoms with Crippen molar-refractivity contribution in [2.75, 3.05) is 36.9 Å². The summed E-state index contributed by atoms with van der Waals surface area (Å²) in [5.74, 6) is -0.0666. The zero-order chi connectivity index (χ0) is 20.9. The van der Waals surface area contributed by atoms with Gasteiger partial charge in [-0.15, -0.1) is 0 Å². The van der Waals surface area contributed by atoms with Crippen molar-refractivity contribution in [3.05, 3.63) is 54.1 Å². The number of anilines is 2. The van der Waals surface area contributed by atoms with Crippen molar-refractivity contribution in [2.24, 2.45) is 7.05 Å². The largest absolute Gasteiger partial charge is 0.378 e. The molecule has 0 fully saturated rings. The van der Waals surface area contributed by atoms with E-state index in [4.69, 9.17) is 4.74 Å². The molecule has 4 bridgehead atoms. The average Bonchev–Trinajstić information content (AvgIpc) is 3.12. The number of carbonyl (C=O) groups is 2. The average molecular weight is 407 g/mol. The van der Waals surface area contributed by atoms with Crippen LogP contribution in [-0.4, -0.2) is 57.9 Å². The predicted octanol–water partition coefficient (Wildman–Crippen LogP) is 1.30. The van der Waals surface area contributed by atoms with Crippen LogP contribution >= 0.6 is 0 Å². The van der Waals surface area contributed by atoms with E-state index in [0.717, 1.165) is 5.56 Å².